The van der Waals surface area contributed by atoms with E-state index in [1.807, 2.05) is 0 Å². The average Bonchev–Trinajstić information content (AvgIpc) is 3.24. The van der Waals surface area contributed by atoms with Gasteiger partial charge in [-0.05, 0) is 38.7 Å². The predicted molar refractivity (Wildman–Crippen MR) is 106 cm³/mol. The van der Waals surface area contributed by atoms with Gasteiger partial charge in [0.25, 0.3) is 11.9 Å². The van der Waals surface area contributed by atoms with Crippen LogP contribution in [-0.4, -0.2) is 53.2 Å². The zero-order chi connectivity index (χ0) is 20.7. The van der Waals surface area contributed by atoms with Crippen LogP contribution in [-0.2, 0) is 0 Å². The van der Waals surface area contributed by atoms with E-state index >= 15 is 0 Å². The van der Waals surface area contributed by atoms with Crippen molar-refractivity contribution >= 4 is 22.5 Å². The number of fused-ring (bicyclic) bond motifs is 1. The molecule has 0 spiro atoms. The number of carbonyl (C=O) groups is 1. The van der Waals surface area contributed by atoms with Crippen LogP contribution in [0.3, 0.4) is 0 Å². The second-order valence-corrected chi connectivity index (χ2v) is 7.12. The number of aromatic amines is 1. The van der Waals surface area contributed by atoms with Gasteiger partial charge in [-0.2, -0.15) is 14.8 Å². The highest BCUT2D eigenvalue weighted by Gasteiger charge is 2.24. The molecule has 4 rings (SSSR count). The molecule has 1 fully saturated rings. The first kappa shape index (κ1) is 18.6. The minimum Gasteiger partial charge on any atom is -0.504 e. The van der Waals surface area contributed by atoms with Crippen LogP contribution in [0.25, 0.3) is 16.9 Å². The summed E-state index contributed by atoms with van der Waals surface area (Å²) in [4.78, 5) is 24.9. The number of aliphatic imine (C=N–C) groups is 1. The van der Waals surface area contributed by atoms with Gasteiger partial charge in [0.1, 0.15) is 5.71 Å². The molecule has 150 valence electrons. The Kier molecular flexibility index (Phi) is 4.49. The number of allylic oxidation sites excluding steroid dienone is 2. The van der Waals surface area contributed by atoms with Crippen molar-refractivity contribution in [2.75, 3.05) is 6.54 Å². The fourth-order valence-corrected chi connectivity index (χ4v) is 2.88. The van der Waals surface area contributed by atoms with Crippen molar-refractivity contribution < 1.29 is 9.90 Å². The molecule has 29 heavy (non-hydrogen) atoms. The van der Waals surface area contributed by atoms with E-state index in [0.29, 0.717) is 23.4 Å². The lowest BCUT2D eigenvalue weighted by molar-refractivity contribution is 0.0996. The molecule has 0 unspecified atom stereocenters. The lowest BCUT2D eigenvalue weighted by Crippen LogP contribution is -2.14. The van der Waals surface area contributed by atoms with Crippen molar-refractivity contribution in [3.05, 3.63) is 40.9 Å². The SMILES string of the molecule is C/C(N)=C(\O)C(=NCC1CC1)c1nc(-n2nc(C(N)=O)c3cc(C)ncc32)n[nH]1. The Balaban J connectivity index is 1.80. The summed E-state index contributed by atoms with van der Waals surface area (Å²) in [5.41, 5.74) is 13.0. The van der Waals surface area contributed by atoms with Crippen LogP contribution in [0.2, 0.25) is 0 Å². The summed E-state index contributed by atoms with van der Waals surface area (Å²) in [6, 6.07) is 1.72. The van der Waals surface area contributed by atoms with E-state index in [0.717, 1.165) is 18.5 Å². The number of aryl methyl sites for hydroxylation is 1. The van der Waals surface area contributed by atoms with Crippen LogP contribution in [0.5, 0.6) is 0 Å². The van der Waals surface area contributed by atoms with Crippen molar-refractivity contribution in [1.82, 2.24) is 29.9 Å². The number of pyridine rings is 1. The third kappa shape index (κ3) is 3.53. The van der Waals surface area contributed by atoms with Gasteiger partial charge in [-0.1, -0.05) is 0 Å². The normalized spacial score (nSPS) is 15.6. The number of amides is 1. The number of aliphatic hydroxyl groups is 1. The second kappa shape index (κ2) is 7.00. The van der Waals surface area contributed by atoms with Gasteiger partial charge in [-0.15, -0.1) is 5.10 Å². The summed E-state index contributed by atoms with van der Waals surface area (Å²) in [7, 11) is 0. The number of nitrogens with zero attached hydrogens (tertiary/aromatic N) is 6. The van der Waals surface area contributed by atoms with Gasteiger partial charge < -0.3 is 16.6 Å². The zero-order valence-electron chi connectivity index (χ0n) is 16.0. The van der Waals surface area contributed by atoms with Gasteiger partial charge in [0.2, 0.25) is 0 Å². The number of rotatable bonds is 6. The summed E-state index contributed by atoms with van der Waals surface area (Å²) in [5.74, 6) is 0.0905. The molecule has 3 aromatic rings. The van der Waals surface area contributed by atoms with E-state index in [1.165, 1.54) is 4.68 Å². The molecule has 1 aliphatic rings. The number of nitrogens with two attached hydrogens (primary N) is 2. The van der Waals surface area contributed by atoms with Crippen molar-refractivity contribution in [3.63, 3.8) is 0 Å². The highest BCUT2D eigenvalue weighted by molar-refractivity contribution is 6.09. The fraction of sp³-hybridized carbons (Fsp3) is 0.333. The Hall–Kier alpha value is -3.76. The smallest absolute Gasteiger partial charge is 0.270 e. The third-order valence-electron chi connectivity index (χ3n) is 4.63. The van der Waals surface area contributed by atoms with Crippen molar-refractivity contribution in [3.8, 4) is 5.95 Å². The number of primary amides is 1. The van der Waals surface area contributed by atoms with Gasteiger partial charge in [0.05, 0.1) is 11.7 Å². The Morgan fingerprint density at radius 2 is 2.17 bits per heavy atom. The maximum Gasteiger partial charge on any atom is 0.270 e. The standard InChI is InChI=1S/C18H21N9O2/c1-8-5-11-12(7-21-8)27(26-13(11)16(20)29)18-23-17(24-25-18)14(15(28)9(2)19)22-6-10-3-4-10/h5,7,10,28H,3-4,6,19H2,1-2H3,(H2,20,29)(H,23,24,25)/b15-9+,22-14?. The van der Waals surface area contributed by atoms with Gasteiger partial charge in [0, 0.05) is 23.3 Å². The van der Waals surface area contributed by atoms with Crippen LogP contribution in [0, 0.1) is 12.8 Å². The molecule has 6 N–H and O–H groups in total. The summed E-state index contributed by atoms with van der Waals surface area (Å²) < 4.78 is 1.37. The Labute approximate surface area is 165 Å². The van der Waals surface area contributed by atoms with E-state index in [2.05, 4.69) is 30.3 Å². The lowest BCUT2D eigenvalue weighted by atomic mass is 10.2. The molecule has 3 heterocycles. The molecule has 0 atom stereocenters. The topological polar surface area (TPSA) is 174 Å². The van der Waals surface area contributed by atoms with Crippen LogP contribution in [0.1, 0.15) is 41.8 Å². The molecular weight excluding hydrogens is 374 g/mol. The number of nitrogens with one attached hydrogen (secondary N) is 1. The molecule has 1 aliphatic carbocycles. The average molecular weight is 395 g/mol. The molecule has 0 radical (unpaired) electrons. The first-order valence-electron chi connectivity index (χ1n) is 9.13. The zero-order valence-corrected chi connectivity index (χ0v) is 16.0. The van der Waals surface area contributed by atoms with Crippen LogP contribution in [0.4, 0.5) is 0 Å². The summed E-state index contributed by atoms with van der Waals surface area (Å²) in [5, 5.41) is 22.1. The highest BCUT2D eigenvalue weighted by Crippen LogP contribution is 2.29. The number of hydrogen-bond donors (Lipinski definition) is 4. The first-order chi connectivity index (χ1) is 13.8. The van der Waals surface area contributed by atoms with E-state index in [1.54, 1.807) is 26.1 Å². The van der Waals surface area contributed by atoms with E-state index in [9.17, 15) is 9.90 Å². The fourth-order valence-electron chi connectivity index (χ4n) is 2.88. The lowest BCUT2D eigenvalue weighted by Gasteiger charge is -2.04. The largest absolute Gasteiger partial charge is 0.504 e. The van der Waals surface area contributed by atoms with Gasteiger partial charge in [0.15, 0.2) is 17.3 Å². The molecule has 0 saturated heterocycles. The van der Waals surface area contributed by atoms with Crippen molar-refractivity contribution in [2.24, 2.45) is 22.4 Å². The van der Waals surface area contributed by atoms with Crippen molar-refractivity contribution in [1.29, 1.82) is 0 Å². The molecular formula is C18H21N9O2. The molecule has 0 aliphatic heterocycles. The first-order valence-corrected chi connectivity index (χ1v) is 9.13. The van der Waals surface area contributed by atoms with Crippen LogP contribution in [0.15, 0.2) is 28.7 Å². The minimum absolute atomic E-state index is 0.0972. The van der Waals surface area contributed by atoms with Gasteiger partial charge in [-0.25, -0.2) is 0 Å². The molecule has 11 heteroatoms. The molecule has 1 amide bonds. The van der Waals surface area contributed by atoms with E-state index < -0.39 is 5.91 Å². The molecule has 11 nitrogen and oxygen atoms in total. The Morgan fingerprint density at radius 3 is 2.83 bits per heavy atom. The van der Waals surface area contributed by atoms with E-state index in [4.69, 9.17) is 11.5 Å². The number of aliphatic hydroxyl groups excluding tert-OH is 1. The maximum absolute atomic E-state index is 11.8. The third-order valence-corrected chi connectivity index (χ3v) is 4.63. The molecule has 3 aromatic heterocycles. The Bertz CT molecular complexity index is 1160. The van der Waals surface area contributed by atoms with Gasteiger partial charge in [-0.3, -0.25) is 19.9 Å². The summed E-state index contributed by atoms with van der Waals surface area (Å²) >= 11 is 0. The number of H-pyrrole nitrogens is 1. The second-order valence-electron chi connectivity index (χ2n) is 7.12. The summed E-state index contributed by atoms with van der Waals surface area (Å²) in [6.45, 7) is 3.95. The monoisotopic (exact) mass is 395 g/mol. The predicted octanol–water partition coefficient (Wildman–Crippen LogP) is 0.893. The minimum atomic E-state index is -0.666. The quantitative estimate of drug-likeness (QED) is 0.354. The Morgan fingerprint density at radius 1 is 1.41 bits per heavy atom. The molecule has 0 bridgehead atoms. The van der Waals surface area contributed by atoms with Crippen LogP contribution >= 0.6 is 0 Å². The van der Waals surface area contributed by atoms with Crippen LogP contribution < -0.4 is 11.5 Å². The highest BCUT2D eigenvalue weighted by atomic mass is 16.3. The molecule has 1 saturated carbocycles. The van der Waals surface area contributed by atoms with E-state index in [-0.39, 0.29) is 34.6 Å². The number of hydrogen-bond acceptors (Lipinski definition) is 8. The number of carbonyl (C=O) groups excluding carboxylic acids is 1. The molecule has 0 aromatic carbocycles. The maximum atomic E-state index is 11.8. The summed E-state index contributed by atoms with van der Waals surface area (Å²) in [6.07, 6.45) is 3.81. The van der Waals surface area contributed by atoms with Gasteiger partial charge >= 0.3 is 0 Å². The number of aromatic nitrogens is 6. The van der Waals surface area contributed by atoms with Crippen molar-refractivity contribution in [2.45, 2.75) is 26.7 Å².